The van der Waals surface area contributed by atoms with Crippen molar-refractivity contribution in [2.24, 2.45) is 4.99 Å². The number of aliphatic imine (C=N–C) groups is 1. The van der Waals surface area contributed by atoms with Crippen LogP contribution in [0.2, 0.25) is 0 Å². The monoisotopic (exact) mass is 488 g/mol. The maximum absolute atomic E-state index is 5.43. The number of rotatable bonds is 5. The largest absolute Gasteiger partial charge is 0.378 e. The van der Waals surface area contributed by atoms with E-state index >= 15 is 0 Å². The van der Waals surface area contributed by atoms with E-state index < -0.39 is 0 Å². The summed E-state index contributed by atoms with van der Waals surface area (Å²) in [6, 6.07) is 4.07. The van der Waals surface area contributed by atoms with Crippen LogP contribution in [0.25, 0.3) is 0 Å². The van der Waals surface area contributed by atoms with Crippen molar-refractivity contribution in [3.8, 4) is 0 Å². The highest BCUT2D eigenvalue weighted by Gasteiger charge is 2.15. The normalized spacial score (nSPS) is 14.7. The summed E-state index contributed by atoms with van der Waals surface area (Å²) in [6.07, 6.45) is 3.73. The van der Waals surface area contributed by atoms with Crippen molar-refractivity contribution in [2.75, 3.05) is 38.3 Å². The summed E-state index contributed by atoms with van der Waals surface area (Å²) in [5.74, 6) is 1.77. The Balaban J connectivity index is 0.00000243. The van der Waals surface area contributed by atoms with Crippen LogP contribution in [0, 0.1) is 6.92 Å². The Hall–Kier alpha value is -1.46. The number of aryl methyl sites for hydroxylation is 1. The van der Waals surface area contributed by atoms with Crippen molar-refractivity contribution in [3.63, 3.8) is 0 Å². The van der Waals surface area contributed by atoms with Crippen LogP contribution in [0.4, 0.5) is 5.82 Å². The molecule has 3 heterocycles. The zero-order valence-electron chi connectivity index (χ0n) is 15.1. The molecule has 7 nitrogen and oxygen atoms in total. The van der Waals surface area contributed by atoms with Crippen molar-refractivity contribution < 1.29 is 4.74 Å². The van der Waals surface area contributed by atoms with Crippen LogP contribution < -0.4 is 15.5 Å². The van der Waals surface area contributed by atoms with E-state index in [2.05, 4.69) is 43.5 Å². The zero-order valence-corrected chi connectivity index (χ0v) is 18.2. The molecule has 0 aromatic carbocycles. The Morgan fingerprint density at radius 1 is 1.27 bits per heavy atom. The van der Waals surface area contributed by atoms with Gasteiger partial charge in [-0.3, -0.25) is 4.99 Å². The molecule has 0 unspecified atom stereocenters. The van der Waals surface area contributed by atoms with Crippen LogP contribution >= 0.6 is 35.3 Å². The molecule has 0 bridgehead atoms. The van der Waals surface area contributed by atoms with Gasteiger partial charge in [-0.1, -0.05) is 6.07 Å². The van der Waals surface area contributed by atoms with E-state index in [-0.39, 0.29) is 24.0 Å². The van der Waals surface area contributed by atoms with Gasteiger partial charge in [-0.25, -0.2) is 9.97 Å². The Morgan fingerprint density at radius 3 is 2.73 bits per heavy atom. The third kappa shape index (κ3) is 5.78. The average molecular weight is 488 g/mol. The molecule has 1 aliphatic rings. The first-order valence-electron chi connectivity index (χ1n) is 8.38. The molecule has 0 amide bonds. The second-order valence-corrected chi connectivity index (χ2v) is 7.05. The summed E-state index contributed by atoms with van der Waals surface area (Å²) in [5, 5.41) is 7.71. The highest BCUT2D eigenvalue weighted by atomic mass is 127. The molecule has 1 saturated heterocycles. The fourth-order valence-corrected chi connectivity index (χ4v) is 3.40. The SMILES string of the molecule is CN=C(NCc1ncc(C)s1)NCc1cccnc1N1CCOCC1.I. The van der Waals surface area contributed by atoms with Crippen LogP contribution in [0.5, 0.6) is 0 Å². The van der Waals surface area contributed by atoms with E-state index in [1.54, 1.807) is 18.4 Å². The number of pyridine rings is 1. The maximum Gasteiger partial charge on any atom is 0.191 e. The third-order valence-electron chi connectivity index (χ3n) is 3.92. The van der Waals surface area contributed by atoms with Gasteiger partial charge in [0, 0.05) is 49.5 Å². The van der Waals surface area contributed by atoms with Gasteiger partial charge in [0.1, 0.15) is 10.8 Å². The number of guanidine groups is 1. The molecule has 2 aromatic heterocycles. The van der Waals surface area contributed by atoms with E-state index in [1.165, 1.54) is 4.88 Å². The van der Waals surface area contributed by atoms with Gasteiger partial charge in [0.15, 0.2) is 5.96 Å². The molecule has 142 valence electrons. The number of thiazole rings is 1. The number of hydrogen-bond donors (Lipinski definition) is 2. The fourth-order valence-electron chi connectivity index (χ4n) is 2.67. The van der Waals surface area contributed by atoms with Crippen LogP contribution in [0.15, 0.2) is 29.5 Å². The van der Waals surface area contributed by atoms with Gasteiger partial charge >= 0.3 is 0 Å². The van der Waals surface area contributed by atoms with Crippen molar-refractivity contribution in [1.82, 2.24) is 20.6 Å². The lowest BCUT2D eigenvalue weighted by atomic mass is 10.2. The second-order valence-electron chi connectivity index (χ2n) is 5.73. The molecule has 0 aliphatic carbocycles. The molecule has 0 saturated carbocycles. The maximum atomic E-state index is 5.43. The van der Waals surface area contributed by atoms with E-state index in [9.17, 15) is 0 Å². The highest BCUT2D eigenvalue weighted by molar-refractivity contribution is 14.0. The van der Waals surface area contributed by atoms with Gasteiger partial charge in [0.25, 0.3) is 0 Å². The number of nitrogens with one attached hydrogen (secondary N) is 2. The number of nitrogens with zero attached hydrogens (tertiary/aromatic N) is 4. The fraction of sp³-hybridized carbons (Fsp3) is 0.471. The van der Waals surface area contributed by atoms with Crippen molar-refractivity contribution in [2.45, 2.75) is 20.0 Å². The molecule has 26 heavy (non-hydrogen) atoms. The number of anilines is 1. The first-order valence-corrected chi connectivity index (χ1v) is 9.20. The minimum absolute atomic E-state index is 0. The molecule has 1 fully saturated rings. The molecule has 3 rings (SSSR count). The summed E-state index contributed by atoms with van der Waals surface area (Å²) in [6.45, 7) is 6.64. The molecule has 0 spiro atoms. The first kappa shape index (κ1) is 20.8. The number of hydrogen-bond acceptors (Lipinski definition) is 6. The summed E-state index contributed by atoms with van der Waals surface area (Å²) < 4.78 is 5.43. The number of aromatic nitrogens is 2. The number of ether oxygens (including phenoxy) is 1. The predicted molar refractivity (Wildman–Crippen MR) is 117 cm³/mol. The van der Waals surface area contributed by atoms with E-state index in [1.807, 2.05) is 18.5 Å². The topological polar surface area (TPSA) is 74.7 Å². The Bertz CT molecular complexity index is 717. The van der Waals surface area contributed by atoms with Crippen LogP contribution in [0.1, 0.15) is 15.4 Å². The molecule has 0 atom stereocenters. The van der Waals surface area contributed by atoms with Crippen LogP contribution in [-0.2, 0) is 17.8 Å². The van der Waals surface area contributed by atoms with Gasteiger partial charge in [-0.15, -0.1) is 35.3 Å². The Labute approximate surface area is 175 Å². The minimum atomic E-state index is 0. The highest BCUT2D eigenvalue weighted by Crippen LogP contribution is 2.18. The van der Waals surface area contributed by atoms with Gasteiger partial charge in [-0.05, 0) is 13.0 Å². The number of morpholine rings is 1. The summed E-state index contributed by atoms with van der Waals surface area (Å²) in [4.78, 5) is 16.7. The van der Waals surface area contributed by atoms with Crippen molar-refractivity contribution in [3.05, 3.63) is 40.0 Å². The molecule has 2 aromatic rings. The lowest BCUT2D eigenvalue weighted by molar-refractivity contribution is 0.122. The van der Waals surface area contributed by atoms with Crippen molar-refractivity contribution >= 4 is 47.1 Å². The lowest BCUT2D eigenvalue weighted by Crippen LogP contribution is -2.39. The van der Waals surface area contributed by atoms with E-state index in [0.717, 1.165) is 48.7 Å². The first-order chi connectivity index (χ1) is 12.3. The number of halogens is 1. The standard InChI is InChI=1S/C17H24N6OS.HI/c1-13-10-20-15(25-13)12-22-17(18-2)21-11-14-4-3-5-19-16(14)23-6-8-24-9-7-23;/h3-5,10H,6-9,11-12H2,1-2H3,(H2,18,21,22);1H. The predicted octanol–water partition coefficient (Wildman–Crippen LogP) is 2.17. The lowest BCUT2D eigenvalue weighted by Gasteiger charge is -2.29. The van der Waals surface area contributed by atoms with Gasteiger partial charge in [0.05, 0.1) is 19.8 Å². The minimum Gasteiger partial charge on any atom is -0.378 e. The third-order valence-corrected chi connectivity index (χ3v) is 4.84. The molecule has 0 radical (unpaired) electrons. The quantitative estimate of drug-likeness (QED) is 0.382. The second kappa shape index (κ2) is 10.6. The molecule has 9 heteroatoms. The summed E-state index contributed by atoms with van der Waals surface area (Å²) in [5.41, 5.74) is 1.15. The molecular weight excluding hydrogens is 463 g/mol. The van der Waals surface area contributed by atoms with Crippen LogP contribution in [-0.4, -0.2) is 49.3 Å². The van der Waals surface area contributed by atoms with Crippen molar-refractivity contribution in [1.29, 1.82) is 0 Å². The molecule has 2 N–H and O–H groups in total. The van der Waals surface area contributed by atoms with Gasteiger partial charge in [0.2, 0.25) is 0 Å². The molecular formula is C17H25IN6OS. The van der Waals surface area contributed by atoms with E-state index in [0.29, 0.717) is 13.1 Å². The van der Waals surface area contributed by atoms with E-state index in [4.69, 9.17) is 4.74 Å². The smallest absolute Gasteiger partial charge is 0.191 e. The summed E-state index contributed by atoms with van der Waals surface area (Å²) >= 11 is 1.69. The zero-order chi connectivity index (χ0) is 17.5. The van der Waals surface area contributed by atoms with Gasteiger partial charge in [-0.2, -0.15) is 0 Å². The van der Waals surface area contributed by atoms with Gasteiger partial charge < -0.3 is 20.3 Å². The summed E-state index contributed by atoms with van der Waals surface area (Å²) in [7, 11) is 1.77. The molecule has 1 aliphatic heterocycles. The Kier molecular flexibility index (Phi) is 8.52. The van der Waals surface area contributed by atoms with Crippen LogP contribution in [0.3, 0.4) is 0 Å². The average Bonchev–Trinajstić information content (AvgIpc) is 3.08. The Morgan fingerprint density at radius 2 is 2.04 bits per heavy atom.